The van der Waals surface area contributed by atoms with E-state index in [2.05, 4.69) is 37.1 Å². The molecule has 1 heterocycles. The number of benzene rings is 1. The van der Waals surface area contributed by atoms with Crippen molar-refractivity contribution in [3.63, 3.8) is 0 Å². The Morgan fingerprint density at radius 2 is 1.93 bits per heavy atom. The van der Waals surface area contributed by atoms with E-state index >= 15 is 0 Å². The highest BCUT2D eigenvalue weighted by molar-refractivity contribution is 5.33. The van der Waals surface area contributed by atoms with E-state index in [0.29, 0.717) is 6.54 Å². The zero-order chi connectivity index (χ0) is 10.8. The van der Waals surface area contributed by atoms with Crippen LogP contribution in [0.25, 0.3) is 0 Å². The molecule has 0 aliphatic rings. The van der Waals surface area contributed by atoms with Gasteiger partial charge in [-0.15, -0.1) is 0 Å². The molecule has 15 heavy (non-hydrogen) atoms. The molecule has 1 N–H and O–H groups in total. The van der Waals surface area contributed by atoms with Crippen molar-refractivity contribution in [3.05, 3.63) is 47.3 Å². The first-order valence-electron chi connectivity index (χ1n) is 4.93. The van der Waals surface area contributed by atoms with Gasteiger partial charge < -0.3 is 5.11 Å². The minimum absolute atomic E-state index is 0.209. The Bertz CT molecular complexity index is 454. The topological polar surface area (TPSA) is 38.0 Å². The van der Waals surface area contributed by atoms with Gasteiger partial charge in [0.05, 0.1) is 18.9 Å². The van der Waals surface area contributed by atoms with E-state index in [1.54, 1.807) is 10.9 Å². The molecule has 0 atom stereocenters. The van der Waals surface area contributed by atoms with Crippen LogP contribution >= 0.6 is 0 Å². The maximum atomic E-state index is 9.19. The molecule has 0 saturated carbocycles. The molecule has 1 aromatic heterocycles. The predicted octanol–water partition coefficient (Wildman–Crippen LogP) is 2.25. The minimum Gasteiger partial charge on any atom is -0.505 e. The number of aromatic hydroxyl groups is 1. The smallest absolute Gasteiger partial charge is 0.153 e. The predicted molar refractivity (Wildman–Crippen MR) is 58.9 cm³/mol. The van der Waals surface area contributed by atoms with Crippen molar-refractivity contribution in [1.82, 2.24) is 9.78 Å². The van der Waals surface area contributed by atoms with Gasteiger partial charge in [-0.2, -0.15) is 5.10 Å². The lowest BCUT2D eigenvalue weighted by atomic mass is 10.0. The summed E-state index contributed by atoms with van der Waals surface area (Å²) in [6.45, 7) is 4.89. The highest BCUT2D eigenvalue weighted by Gasteiger charge is 2.03. The first-order valence-corrected chi connectivity index (χ1v) is 4.93. The van der Waals surface area contributed by atoms with Gasteiger partial charge in [-0.1, -0.05) is 18.2 Å². The van der Waals surface area contributed by atoms with Crippen LogP contribution in [0.15, 0.2) is 30.6 Å². The molecule has 3 heteroatoms. The van der Waals surface area contributed by atoms with E-state index in [1.807, 2.05) is 0 Å². The van der Waals surface area contributed by atoms with Crippen LogP contribution < -0.4 is 0 Å². The van der Waals surface area contributed by atoms with Crippen LogP contribution in [0.4, 0.5) is 0 Å². The lowest BCUT2D eigenvalue weighted by Crippen LogP contribution is -2.03. The van der Waals surface area contributed by atoms with Gasteiger partial charge >= 0.3 is 0 Å². The normalized spacial score (nSPS) is 10.5. The maximum Gasteiger partial charge on any atom is 0.153 e. The number of hydrogen-bond acceptors (Lipinski definition) is 2. The summed E-state index contributed by atoms with van der Waals surface area (Å²) >= 11 is 0. The molecule has 0 bridgehead atoms. The lowest BCUT2D eigenvalue weighted by Gasteiger charge is -2.09. The number of aromatic nitrogens is 2. The number of hydrogen-bond donors (Lipinski definition) is 1. The Morgan fingerprint density at radius 1 is 1.27 bits per heavy atom. The monoisotopic (exact) mass is 202 g/mol. The molecule has 3 nitrogen and oxygen atoms in total. The largest absolute Gasteiger partial charge is 0.505 e. The van der Waals surface area contributed by atoms with E-state index in [1.165, 1.54) is 22.9 Å². The van der Waals surface area contributed by atoms with Crippen LogP contribution in [0.1, 0.15) is 16.7 Å². The van der Waals surface area contributed by atoms with E-state index < -0.39 is 0 Å². The fourth-order valence-corrected chi connectivity index (χ4v) is 1.70. The van der Waals surface area contributed by atoms with Crippen LogP contribution in [0.5, 0.6) is 5.75 Å². The second-order valence-corrected chi connectivity index (χ2v) is 3.77. The average molecular weight is 202 g/mol. The van der Waals surface area contributed by atoms with E-state index in [0.717, 1.165) is 0 Å². The zero-order valence-corrected chi connectivity index (χ0v) is 8.94. The highest BCUT2D eigenvalue weighted by atomic mass is 16.3. The molecule has 0 fully saturated rings. The molecule has 0 aliphatic carbocycles. The summed E-state index contributed by atoms with van der Waals surface area (Å²) in [5, 5.41) is 13.2. The molecule has 0 spiro atoms. The molecule has 2 rings (SSSR count). The van der Waals surface area contributed by atoms with Gasteiger partial charge in [0.25, 0.3) is 0 Å². The zero-order valence-electron chi connectivity index (χ0n) is 8.94. The molecular formula is C12H14N2O. The van der Waals surface area contributed by atoms with Gasteiger partial charge in [0.2, 0.25) is 0 Å². The molecule has 0 saturated heterocycles. The fourth-order valence-electron chi connectivity index (χ4n) is 1.70. The standard InChI is InChI=1S/C12H14N2O/c1-9-4-3-5-10(2)12(9)8-14-7-11(15)6-13-14/h3-7,15H,8H2,1-2H3. The van der Waals surface area contributed by atoms with Gasteiger partial charge in [0.15, 0.2) is 5.75 Å². The molecule has 0 radical (unpaired) electrons. The summed E-state index contributed by atoms with van der Waals surface area (Å²) in [5.74, 6) is 0.209. The fraction of sp³-hybridized carbons (Fsp3) is 0.250. The van der Waals surface area contributed by atoms with Gasteiger partial charge in [-0.25, -0.2) is 0 Å². The Labute approximate surface area is 89.0 Å². The number of nitrogens with zero attached hydrogens (tertiary/aromatic N) is 2. The first kappa shape index (κ1) is 9.77. The molecule has 78 valence electrons. The molecule has 0 aliphatic heterocycles. The van der Waals surface area contributed by atoms with Crippen molar-refractivity contribution >= 4 is 0 Å². The summed E-state index contributed by atoms with van der Waals surface area (Å²) in [6.07, 6.45) is 3.08. The van der Waals surface area contributed by atoms with Crippen LogP contribution in [0.2, 0.25) is 0 Å². The third-order valence-corrected chi connectivity index (χ3v) is 2.58. The first-order chi connectivity index (χ1) is 7.16. The van der Waals surface area contributed by atoms with Crippen molar-refractivity contribution < 1.29 is 5.11 Å². The summed E-state index contributed by atoms with van der Waals surface area (Å²) in [4.78, 5) is 0. The Kier molecular flexibility index (Phi) is 2.46. The van der Waals surface area contributed by atoms with Crippen LogP contribution in [0, 0.1) is 13.8 Å². The van der Waals surface area contributed by atoms with Crippen LogP contribution in [0.3, 0.4) is 0 Å². The minimum atomic E-state index is 0.209. The van der Waals surface area contributed by atoms with Crippen molar-refractivity contribution in [1.29, 1.82) is 0 Å². The second-order valence-electron chi connectivity index (χ2n) is 3.77. The van der Waals surface area contributed by atoms with Crippen LogP contribution in [-0.2, 0) is 6.54 Å². The molecule has 1 aromatic carbocycles. The SMILES string of the molecule is Cc1cccc(C)c1Cn1cc(O)cn1. The Hall–Kier alpha value is -1.77. The van der Waals surface area contributed by atoms with Gasteiger partial charge in [-0.3, -0.25) is 4.68 Å². The van der Waals surface area contributed by atoms with Crippen LogP contribution in [-0.4, -0.2) is 14.9 Å². The van der Waals surface area contributed by atoms with Crippen molar-refractivity contribution in [3.8, 4) is 5.75 Å². The third-order valence-electron chi connectivity index (χ3n) is 2.58. The molecular weight excluding hydrogens is 188 g/mol. The number of rotatable bonds is 2. The van der Waals surface area contributed by atoms with E-state index in [-0.39, 0.29) is 5.75 Å². The summed E-state index contributed by atoms with van der Waals surface area (Å²) in [7, 11) is 0. The van der Waals surface area contributed by atoms with E-state index in [9.17, 15) is 5.11 Å². The molecule has 2 aromatic rings. The Morgan fingerprint density at radius 3 is 2.47 bits per heavy atom. The summed E-state index contributed by atoms with van der Waals surface area (Å²) < 4.78 is 1.74. The average Bonchev–Trinajstić information content (AvgIpc) is 2.58. The lowest BCUT2D eigenvalue weighted by molar-refractivity contribution is 0.474. The Balaban J connectivity index is 2.31. The van der Waals surface area contributed by atoms with Gasteiger partial charge in [0.1, 0.15) is 0 Å². The summed E-state index contributed by atoms with van der Waals surface area (Å²) in [5.41, 5.74) is 3.77. The van der Waals surface area contributed by atoms with Gasteiger partial charge in [0, 0.05) is 0 Å². The quantitative estimate of drug-likeness (QED) is 0.811. The maximum absolute atomic E-state index is 9.19. The summed E-state index contributed by atoms with van der Waals surface area (Å²) in [6, 6.07) is 6.23. The number of aryl methyl sites for hydroxylation is 2. The van der Waals surface area contributed by atoms with E-state index in [4.69, 9.17) is 0 Å². The van der Waals surface area contributed by atoms with Gasteiger partial charge in [-0.05, 0) is 30.5 Å². The van der Waals surface area contributed by atoms with Crippen molar-refractivity contribution in [2.45, 2.75) is 20.4 Å². The third kappa shape index (κ3) is 2.01. The highest BCUT2D eigenvalue weighted by Crippen LogP contribution is 2.15. The molecule has 0 amide bonds. The van der Waals surface area contributed by atoms with Crippen molar-refractivity contribution in [2.24, 2.45) is 0 Å². The second kappa shape index (κ2) is 3.77. The molecule has 0 unspecified atom stereocenters. The van der Waals surface area contributed by atoms with Crippen molar-refractivity contribution in [2.75, 3.05) is 0 Å².